The van der Waals surface area contributed by atoms with Crippen LogP contribution in [0.2, 0.25) is 0 Å². The van der Waals surface area contributed by atoms with Crippen LogP contribution in [0.15, 0.2) is 18.2 Å². The third-order valence-corrected chi connectivity index (χ3v) is 2.66. The average molecular weight is 254 g/mol. The van der Waals surface area contributed by atoms with Crippen molar-refractivity contribution in [1.29, 1.82) is 0 Å². The Kier molecular flexibility index (Phi) is 5.22. The molecule has 0 radical (unpaired) electrons. The molecule has 1 rings (SSSR count). The molecule has 0 aliphatic carbocycles. The highest BCUT2D eigenvalue weighted by Gasteiger charge is 2.19. The molecule has 1 heterocycles. The number of nitrogens with one attached hydrogen (secondary N) is 1. The number of carbonyl (C=O) groups is 1. The number of hydrogen-bond acceptors (Lipinski definition) is 3. The lowest BCUT2D eigenvalue weighted by atomic mass is 9.89. The van der Waals surface area contributed by atoms with Crippen molar-refractivity contribution < 1.29 is 13.9 Å². The van der Waals surface area contributed by atoms with E-state index in [1.54, 1.807) is 7.11 Å². The van der Waals surface area contributed by atoms with Crippen LogP contribution >= 0.6 is 0 Å². The maximum absolute atomic E-state index is 12.9. The van der Waals surface area contributed by atoms with Gasteiger partial charge < -0.3 is 10.1 Å². The zero-order chi connectivity index (χ0) is 13.6. The quantitative estimate of drug-likeness (QED) is 0.790. The number of rotatable bonds is 6. The number of nitrogens with zero attached hydrogens (tertiary/aromatic N) is 1. The van der Waals surface area contributed by atoms with Crippen molar-refractivity contribution in [1.82, 2.24) is 10.3 Å². The minimum absolute atomic E-state index is 0.0704. The topological polar surface area (TPSA) is 51.2 Å². The van der Waals surface area contributed by atoms with E-state index >= 15 is 0 Å². The van der Waals surface area contributed by atoms with Gasteiger partial charge in [-0.15, -0.1) is 0 Å². The highest BCUT2D eigenvalue weighted by Crippen LogP contribution is 2.18. The average Bonchev–Trinajstić information content (AvgIpc) is 2.34. The van der Waals surface area contributed by atoms with Crippen molar-refractivity contribution >= 4 is 5.91 Å². The molecular formula is C13H19FN2O2. The lowest BCUT2D eigenvalue weighted by Gasteiger charge is -2.24. The predicted molar refractivity (Wildman–Crippen MR) is 66.8 cm³/mol. The van der Waals surface area contributed by atoms with Crippen LogP contribution in [0.4, 0.5) is 4.39 Å². The molecule has 100 valence electrons. The van der Waals surface area contributed by atoms with Gasteiger partial charge in [0.15, 0.2) is 0 Å². The molecule has 0 spiro atoms. The number of hydrogen-bond donors (Lipinski definition) is 1. The molecule has 0 aliphatic rings. The zero-order valence-electron chi connectivity index (χ0n) is 11.0. The molecule has 0 bridgehead atoms. The van der Waals surface area contributed by atoms with E-state index in [0.29, 0.717) is 13.2 Å². The number of halogens is 1. The van der Waals surface area contributed by atoms with E-state index in [1.807, 2.05) is 13.8 Å². The number of pyridine rings is 1. The van der Waals surface area contributed by atoms with E-state index in [9.17, 15) is 9.18 Å². The van der Waals surface area contributed by atoms with Gasteiger partial charge in [0.2, 0.25) is 5.95 Å². The molecule has 0 unspecified atom stereocenters. The summed E-state index contributed by atoms with van der Waals surface area (Å²) in [5.41, 5.74) is 0.0245. The van der Waals surface area contributed by atoms with Crippen LogP contribution in [0.3, 0.4) is 0 Å². The SMILES string of the molecule is COCCC(C)(C)CNC(=O)c1cccc(F)n1. The van der Waals surface area contributed by atoms with Crippen LogP contribution in [-0.2, 0) is 4.74 Å². The van der Waals surface area contributed by atoms with Crippen molar-refractivity contribution in [2.24, 2.45) is 5.41 Å². The van der Waals surface area contributed by atoms with Gasteiger partial charge in [-0.2, -0.15) is 4.39 Å². The van der Waals surface area contributed by atoms with E-state index in [1.165, 1.54) is 18.2 Å². The van der Waals surface area contributed by atoms with Gasteiger partial charge >= 0.3 is 0 Å². The first-order chi connectivity index (χ1) is 8.44. The lowest BCUT2D eigenvalue weighted by Crippen LogP contribution is -2.35. The molecular weight excluding hydrogens is 235 g/mol. The summed E-state index contributed by atoms with van der Waals surface area (Å²) in [6.45, 7) is 5.20. The van der Waals surface area contributed by atoms with E-state index in [2.05, 4.69) is 10.3 Å². The van der Waals surface area contributed by atoms with E-state index in [-0.39, 0.29) is 17.0 Å². The summed E-state index contributed by atoms with van der Waals surface area (Å²) in [6.07, 6.45) is 0.834. The Morgan fingerprint density at radius 2 is 2.22 bits per heavy atom. The van der Waals surface area contributed by atoms with Crippen LogP contribution in [0.5, 0.6) is 0 Å². The molecule has 0 saturated heterocycles. The fourth-order valence-electron chi connectivity index (χ4n) is 1.41. The van der Waals surface area contributed by atoms with E-state index in [0.717, 1.165) is 6.42 Å². The fourth-order valence-corrected chi connectivity index (χ4v) is 1.41. The highest BCUT2D eigenvalue weighted by atomic mass is 19.1. The minimum Gasteiger partial charge on any atom is -0.385 e. The molecule has 0 aromatic carbocycles. The molecule has 0 saturated carbocycles. The van der Waals surface area contributed by atoms with Gasteiger partial charge in [0.05, 0.1) is 0 Å². The Morgan fingerprint density at radius 1 is 1.50 bits per heavy atom. The summed E-state index contributed by atoms with van der Waals surface area (Å²) in [7, 11) is 1.64. The van der Waals surface area contributed by atoms with Crippen molar-refractivity contribution in [2.75, 3.05) is 20.3 Å². The van der Waals surface area contributed by atoms with E-state index < -0.39 is 5.95 Å². The van der Waals surface area contributed by atoms with Crippen LogP contribution in [0.1, 0.15) is 30.8 Å². The predicted octanol–water partition coefficient (Wildman–Crippen LogP) is 2.01. The zero-order valence-corrected chi connectivity index (χ0v) is 11.0. The Hall–Kier alpha value is -1.49. The van der Waals surface area contributed by atoms with Crippen LogP contribution in [0, 0.1) is 11.4 Å². The number of aromatic nitrogens is 1. The number of ether oxygens (including phenoxy) is 1. The summed E-state index contributed by atoms with van der Waals surface area (Å²) < 4.78 is 17.9. The third kappa shape index (κ3) is 4.79. The summed E-state index contributed by atoms with van der Waals surface area (Å²) in [5.74, 6) is -1.01. The first kappa shape index (κ1) is 14.6. The van der Waals surface area contributed by atoms with Gasteiger partial charge in [-0.05, 0) is 24.0 Å². The Bertz CT molecular complexity index is 408. The fraction of sp³-hybridized carbons (Fsp3) is 0.538. The minimum atomic E-state index is -0.652. The van der Waals surface area contributed by atoms with Gasteiger partial charge in [0.1, 0.15) is 5.69 Å². The first-order valence-electron chi connectivity index (χ1n) is 5.84. The first-order valence-corrected chi connectivity index (χ1v) is 5.84. The molecule has 0 aliphatic heterocycles. The summed E-state index contributed by atoms with van der Waals surface area (Å²) in [4.78, 5) is 15.3. The molecule has 1 aromatic rings. The van der Waals surface area contributed by atoms with E-state index in [4.69, 9.17) is 4.74 Å². The highest BCUT2D eigenvalue weighted by molar-refractivity contribution is 5.92. The van der Waals surface area contributed by atoms with Crippen LogP contribution in [0.25, 0.3) is 0 Å². The second-order valence-corrected chi connectivity index (χ2v) is 4.94. The molecule has 0 fully saturated rings. The van der Waals surface area contributed by atoms with Gasteiger partial charge in [-0.3, -0.25) is 4.79 Å². The molecule has 5 heteroatoms. The number of carbonyl (C=O) groups excluding carboxylic acids is 1. The van der Waals surface area contributed by atoms with Crippen molar-refractivity contribution in [2.45, 2.75) is 20.3 Å². The van der Waals surface area contributed by atoms with Gasteiger partial charge in [0, 0.05) is 20.3 Å². The molecule has 1 aromatic heterocycles. The second kappa shape index (κ2) is 6.44. The number of amides is 1. The Labute approximate surface area is 107 Å². The smallest absolute Gasteiger partial charge is 0.270 e. The monoisotopic (exact) mass is 254 g/mol. The Morgan fingerprint density at radius 3 is 2.83 bits per heavy atom. The van der Waals surface area contributed by atoms with Crippen molar-refractivity contribution in [3.05, 3.63) is 29.8 Å². The number of methoxy groups -OCH3 is 1. The van der Waals surface area contributed by atoms with Gasteiger partial charge in [0.25, 0.3) is 5.91 Å². The maximum Gasteiger partial charge on any atom is 0.270 e. The molecule has 18 heavy (non-hydrogen) atoms. The summed E-state index contributed by atoms with van der Waals surface area (Å²) in [5, 5.41) is 2.75. The van der Waals surface area contributed by atoms with Crippen molar-refractivity contribution in [3.8, 4) is 0 Å². The summed E-state index contributed by atoms with van der Waals surface area (Å²) in [6, 6.07) is 4.16. The van der Waals surface area contributed by atoms with Gasteiger partial charge in [-0.1, -0.05) is 19.9 Å². The normalized spacial score (nSPS) is 11.3. The Balaban J connectivity index is 2.50. The largest absolute Gasteiger partial charge is 0.385 e. The molecule has 4 nitrogen and oxygen atoms in total. The van der Waals surface area contributed by atoms with Gasteiger partial charge in [-0.25, -0.2) is 4.98 Å². The van der Waals surface area contributed by atoms with Crippen LogP contribution < -0.4 is 5.32 Å². The second-order valence-electron chi connectivity index (χ2n) is 4.94. The standard InChI is InChI=1S/C13H19FN2O2/c1-13(2,7-8-18-3)9-15-12(17)10-5-4-6-11(14)16-10/h4-6H,7-9H2,1-3H3,(H,15,17). The van der Waals surface area contributed by atoms with Crippen molar-refractivity contribution in [3.63, 3.8) is 0 Å². The molecule has 1 N–H and O–H groups in total. The van der Waals surface area contributed by atoms with Crippen LogP contribution in [-0.4, -0.2) is 31.2 Å². The maximum atomic E-state index is 12.9. The molecule has 0 atom stereocenters. The lowest BCUT2D eigenvalue weighted by molar-refractivity contribution is 0.0915. The third-order valence-electron chi connectivity index (χ3n) is 2.66. The molecule has 1 amide bonds. The summed E-state index contributed by atoms with van der Waals surface area (Å²) >= 11 is 0.